The van der Waals surface area contributed by atoms with Crippen molar-refractivity contribution in [1.82, 2.24) is 20.1 Å². The second-order valence-electron chi connectivity index (χ2n) is 8.59. The van der Waals surface area contributed by atoms with Crippen molar-refractivity contribution >= 4 is 28.2 Å². The maximum absolute atomic E-state index is 12.9. The van der Waals surface area contributed by atoms with Crippen LogP contribution in [0.3, 0.4) is 0 Å². The Morgan fingerprint density at radius 3 is 2.59 bits per heavy atom. The Balaban J connectivity index is 1.48. The van der Waals surface area contributed by atoms with Crippen molar-refractivity contribution in [2.75, 3.05) is 33.0 Å². The minimum Gasteiger partial charge on any atom is -0.454 e. The molecule has 174 valence electrons. The van der Waals surface area contributed by atoms with Gasteiger partial charge in [0.2, 0.25) is 6.79 Å². The predicted molar refractivity (Wildman–Crippen MR) is 131 cm³/mol. The largest absolute Gasteiger partial charge is 0.454 e. The minimum absolute atomic E-state index is 0.0799. The first-order valence-electron chi connectivity index (χ1n) is 11.8. The molecule has 0 radical (unpaired) electrons. The minimum atomic E-state index is -0.0799. The molecule has 0 atom stereocenters. The standard InChI is InChI=1S/C24H34N4O3S/c1-3-27(4-2)11-7-10-25-24(32)28(19-8-5-6-9-19)15-18-12-17-13-21-22(31-16-30-21)14-20(17)26-23(18)29/h12-14,19H,3-11,15-16H2,1-2H3,(H,25,32)(H,26,29). The van der Waals surface area contributed by atoms with E-state index in [1.165, 1.54) is 12.8 Å². The maximum Gasteiger partial charge on any atom is 0.253 e. The van der Waals surface area contributed by atoms with Crippen LogP contribution in [0.25, 0.3) is 10.9 Å². The number of thiocarbonyl (C=S) groups is 1. The molecule has 1 aromatic heterocycles. The third kappa shape index (κ3) is 5.18. The first-order valence-corrected chi connectivity index (χ1v) is 12.2. The number of hydrogen-bond donors (Lipinski definition) is 2. The Hall–Kier alpha value is -2.32. The van der Waals surface area contributed by atoms with E-state index in [0.717, 1.165) is 67.0 Å². The van der Waals surface area contributed by atoms with Gasteiger partial charge in [0.1, 0.15) is 0 Å². The fourth-order valence-electron chi connectivity index (χ4n) is 4.66. The molecule has 8 heteroatoms. The Bertz CT molecular complexity index is 999. The molecule has 32 heavy (non-hydrogen) atoms. The molecule has 1 aliphatic heterocycles. The number of fused-ring (bicyclic) bond motifs is 2. The fraction of sp³-hybridized carbons (Fsp3) is 0.583. The molecule has 0 saturated heterocycles. The summed E-state index contributed by atoms with van der Waals surface area (Å²) in [6, 6.07) is 6.10. The van der Waals surface area contributed by atoms with E-state index in [4.69, 9.17) is 21.7 Å². The average molecular weight is 459 g/mol. The fourth-order valence-corrected chi connectivity index (χ4v) is 4.98. The molecule has 0 bridgehead atoms. The van der Waals surface area contributed by atoms with Gasteiger partial charge in [-0.15, -0.1) is 0 Å². The molecule has 1 aliphatic carbocycles. The van der Waals surface area contributed by atoms with E-state index in [9.17, 15) is 4.79 Å². The van der Waals surface area contributed by atoms with Crippen LogP contribution in [0, 0.1) is 0 Å². The van der Waals surface area contributed by atoms with Gasteiger partial charge in [-0.2, -0.15) is 0 Å². The summed E-state index contributed by atoms with van der Waals surface area (Å²) in [6.07, 6.45) is 5.70. The summed E-state index contributed by atoms with van der Waals surface area (Å²) in [6.45, 7) is 9.15. The Morgan fingerprint density at radius 1 is 1.16 bits per heavy atom. The van der Waals surface area contributed by atoms with Gasteiger partial charge in [-0.05, 0) is 63.2 Å². The number of H-pyrrole nitrogens is 1. The van der Waals surface area contributed by atoms with Crippen LogP contribution in [0.1, 0.15) is 51.5 Å². The van der Waals surface area contributed by atoms with Gasteiger partial charge in [-0.1, -0.05) is 26.7 Å². The number of rotatable bonds is 9. The van der Waals surface area contributed by atoms with Crippen LogP contribution >= 0.6 is 12.2 Å². The first-order chi connectivity index (χ1) is 15.6. The highest BCUT2D eigenvalue weighted by molar-refractivity contribution is 7.80. The van der Waals surface area contributed by atoms with Crippen molar-refractivity contribution in [2.45, 2.75) is 58.5 Å². The number of hydrogen-bond acceptors (Lipinski definition) is 5. The lowest BCUT2D eigenvalue weighted by Gasteiger charge is -2.32. The monoisotopic (exact) mass is 458 g/mol. The molecule has 0 unspecified atom stereocenters. The summed E-state index contributed by atoms with van der Waals surface area (Å²) in [4.78, 5) is 20.5. The quantitative estimate of drug-likeness (QED) is 0.439. The highest BCUT2D eigenvalue weighted by atomic mass is 32.1. The zero-order chi connectivity index (χ0) is 22.5. The Kier molecular flexibility index (Phi) is 7.52. The van der Waals surface area contributed by atoms with Crippen LogP contribution in [-0.4, -0.2) is 58.9 Å². The Labute approximate surface area is 195 Å². The molecule has 2 aromatic rings. The van der Waals surface area contributed by atoms with E-state index in [1.807, 2.05) is 18.2 Å². The topological polar surface area (TPSA) is 69.8 Å². The SMILES string of the molecule is CCN(CC)CCCNC(=S)N(Cc1cc2cc3c(cc2[nH]c1=O)OCO3)C1CCCC1. The van der Waals surface area contributed by atoms with Crippen molar-refractivity contribution < 1.29 is 9.47 Å². The third-order valence-corrected chi connectivity index (χ3v) is 6.98. The average Bonchev–Trinajstić information content (AvgIpc) is 3.48. The predicted octanol–water partition coefficient (Wildman–Crippen LogP) is 3.61. The molecule has 1 saturated carbocycles. The van der Waals surface area contributed by atoms with Gasteiger partial charge >= 0.3 is 0 Å². The van der Waals surface area contributed by atoms with Gasteiger partial charge in [0, 0.05) is 29.6 Å². The Morgan fingerprint density at radius 2 is 1.88 bits per heavy atom. The summed E-state index contributed by atoms with van der Waals surface area (Å²) >= 11 is 5.80. The number of aromatic amines is 1. The number of nitrogens with one attached hydrogen (secondary N) is 2. The van der Waals surface area contributed by atoms with Crippen LogP contribution in [-0.2, 0) is 6.54 Å². The van der Waals surface area contributed by atoms with E-state index in [-0.39, 0.29) is 12.4 Å². The maximum atomic E-state index is 12.9. The van der Waals surface area contributed by atoms with Gasteiger partial charge in [-0.25, -0.2) is 0 Å². The molecular weight excluding hydrogens is 424 g/mol. The second-order valence-corrected chi connectivity index (χ2v) is 8.98. The molecule has 2 N–H and O–H groups in total. The highest BCUT2D eigenvalue weighted by Gasteiger charge is 2.26. The summed E-state index contributed by atoms with van der Waals surface area (Å²) in [5, 5.41) is 5.15. The van der Waals surface area contributed by atoms with Crippen LogP contribution in [0.15, 0.2) is 23.0 Å². The zero-order valence-corrected chi connectivity index (χ0v) is 19.9. The third-order valence-electron chi connectivity index (χ3n) is 6.60. The number of aromatic nitrogens is 1. The molecule has 2 aliphatic rings. The number of nitrogens with zero attached hydrogens (tertiary/aromatic N) is 2. The lowest BCUT2D eigenvalue weighted by Crippen LogP contribution is -2.46. The number of ether oxygens (including phenoxy) is 2. The summed E-state index contributed by atoms with van der Waals surface area (Å²) in [5.41, 5.74) is 1.40. The summed E-state index contributed by atoms with van der Waals surface area (Å²) < 4.78 is 10.9. The van der Waals surface area contributed by atoms with Crippen molar-refractivity contribution in [3.8, 4) is 11.5 Å². The van der Waals surface area contributed by atoms with E-state index in [0.29, 0.717) is 24.1 Å². The lowest BCUT2D eigenvalue weighted by atomic mass is 10.1. The van der Waals surface area contributed by atoms with Crippen molar-refractivity contribution in [3.05, 3.63) is 34.1 Å². The van der Waals surface area contributed by atoms with Crippen molar-refractivity contribution in [2.24, 2.45) is 0 Å². The van der Waals surface area contributed by atoms with Gasteiger partial charge < -0.3 is 29.6 Å². The van der Waals surface area contributed by atoms with Crippen LogP contribution < -0.4 is 20.3 Å². The lowest BCUT2D eigenvalue weighted by molar-refractivity contribution is 0.174. The van der Waals surface area contributed by atoms with E-state index < -0.39 is 0 Å². The number of pyridine rings is 1. The van der Waals surface area contributed by atoms with E-state index >= 15 is 0 Å². The van der Waals surface area contributed by atoms with Crippen LogP contribution in [0.2, 0.25) is 0 Å². The summed E-state index contributed by atoms with van der Waals surface area (Å²) in [7, 11) is 0. The first kappa shape index (κ1) is 22.9. The molecule has 7 nitrogen and oxygen atoms in total. The molecule has 1 fully saturated rings. The van der Waals surface area contributed by atoms with Crippen molar-refractivity contribution in [3.63, 3.8) is 0 Å². The normalized spacial score (nSPS) is 15.6. The number of benzene rings is 1. The van der Waals surface area contributed by atoms with Crippen molar-refractivity contribution in [1.29, 1.82) is 0 Å². The smallest absolute Gasteiger partial charge is 0.253 e. The molecule has 0 spiro atoms. The summed E-state index contributed by atoms with van der Waals surface area (Å²) in [5.74, 6) is 1.39. The molecular formula is C24H34N4O3S. The van der Waals surface area contributed by atoms with Crippen LogP contribution in [0.5, 0.6) is 11.5 Å². The van der Waals surface area contributed by atoms with Gasteiger partial charge in [0.15, 0.2) is 16.6 Å². The van der Waals surface area contributed by atoms with Gasteiger partial charge in [-0.3, -0.25) is 4.79 Å². The van der Waals surface area contributed by atoms with E-state index in [2.05, 4.69) is 33.9 Å². The molecule has 4 rings (SSSR count). The van der Waals surface area contributed by atoms with Gasteiger partial charge in [0.25, 0.3) is 5.56 Å². The highest BCUT2D eigenvalue weighted by Crippen LogP contribution is 2.35. The molecule has 2 heterocycles. The van der Waals surface area contributed by atoms with Crippen LogP contribution in [0.4, 0.5) is 0 Å². The molecule has 0 amide bonds. The zero-order valence-electron chi connectivity index (χ0n) is 19.1. The van der Waals surface area contributed by atoms with Gasteiger partial charge in [0.05, 0.1) is 12.1 Å². The molecule has 1 aromatic carbocycles. The second kappa shape index (κ2) is 10.5. The van der Waals surface area contributed by atoms with E-state index in [1.54, 1.807) is 0 Å².